The highest BCUT2D eigenvalue weighted by molar-refractivity contribution is 7.11. The van der Waals surface area contributed by atoms with Gasteiger partial charge in [0.05, 0.1) is 0 Å². The van der Waals surface area contributed by atoms with E-state index in [1.807, 2.05) is 0 Å². The molecule has 2 aromatic rings. The van der Waals surface area contributed by atoms with E-state index in [4.69, 9.17) is 0 Å². The molecule has 2 heterocycles. The molecule has 0 unspecified atom stereocenters. The van der Waals surface area contributed by atoms with Gasteiger partial charge in [0.25, 0.3) is 0 Å². The Labute approximate surface area is 140 Å². The molecule has 2 aliphatic carbocycles. The Bertz CT molecular complexity index is 654. The van der Waals surface area contributed by atoms with E-state index in [0.717, 1.165) is 24.0 Å². The van der Waals surface area contributed by atoms with Crippen LogP contribution in [0.2, 0.25) is 0 Å². The van der Waals surface area contributed by atoms with E-state index in [9.17, 15) is 4.79 Å². The van der Waals surface area contributed by atoms with Crippen LogP contribution in [-0.4, -0.2) is 5.78 Å². The average molecular weight is 331 g/mol. The van der Waals surface area contributed by atoms with Gasteiger partial charge in [-0.25, -0.2) is 0 Å². The molecule has 0 radical (unpaired) electrons. The first-order valence-corrected chi connectivity index (χ1v) is 10.3. The van der Waals surface area contributed by atoms with Crippen LogP contribution in [-0.2, 0) is 12.8 Å². The van der Waals surface area contributed by atoms with Gasteiger partial charge < -0.3 is 0 Å². The van der Waals surface area contributed by atoms with Gasteiger partial charge >= 0.3 is 0 Å². The zero-order valence-corrected chi connectivity index (χ0v) is 14.9. The van der Waals surface area contributed by atoms with Gasteiger partial charge in [0.1, 0.15) is 0 Å². The van der Waals surface area contributed by atoms with Crippen LogP contribution >= 0.6 is 22.7 Å². The second-order valence-corrected chi connectivity index (χ2v) is 8.49. The van der Waals surface area contributed by atoms with Crippen LogP contribution in [0, 0.1) is 0 Å². The minimum atomic E-state index is 0.333. The molecule has 0 spiro atoms. The molecule has 0 bridgehead atoms. The lowest BCUT2D eigenvalue weighted by atomic mass is 9.93. The molecule has 0 N–H and O–H groups in total. The third-order valence-electron chi connectivity index (χ3n) is 4.92. The number of hydrogen-bond donors (Lipinski definition) is 0. The first-order valence-electron chi connectivity index (χ1n) is 8.49. The second kappa shape index (κ2) is 5.61. The average Bonchev–Trinajstić information content (AvgIpc) is 3.47. The van der Waals surface area contributed by atoms with E-state index in [1.165, 1.54) is 46.6 Å². The Morgan fingerprint density at radius 1 is 0.909 bits per heavy atom. The van der Waals surface area contributed by atoms with Crippen molar-refractivity contribution in [2.45, 2.75) is 64.2 Å². The standard InChI is InChI=1S/C19H22OS2/c1-3-15-17(13(9-21-15)11-5-6-11)19(20)18-14(12-7-8-12)10-22-16(18)4-2/h9-12H,3-8H2,1-2H3. The van der Waals surface area contributed by atoms with E-state index in [-0.39, 0.29) is 0 Å². The molecule has 0 aromatic carbocycles. The number of thiophene rings is 2. The summed E-state index contributed by atoms with van der Waals surface area (Å²) in [6, 6.07) is 0. The summed E-state index contributed by atoms with van der Waals surface area (Å²) in [4.78, 5) is 16.0. The van der Waals surface area contributed by atoms with Crippen molar-refractivity contribution in [3.63, 3.8) is 0 Å². The first kappa shape index (κ1) is 14.6. The molecular formula is C19H22OS2. The quantitative estimate of drug-likeness (QED) is 0.601. The van der Waals surface area contributed by atoms with Gasteiger partial charge in [-0.05, 0) is 72.2 Å². The zero-order chi connectivity index (χ0) is 15.3. The fourth-order valence-corrected chi connectivity index (χ4v) is 5.53. The molecule has 4 rings (SSSR count). The van der Waals surface area contributed by atoms with Crippen molar-refractivity contribution in [3.05, 3.63) is 42.8 Å². The predicted molar refractivity (Wildman–Crippen MR) is 94.8 cm³/mol. The van der Waals surface area contributed by atoms with Gasteiger partial charge in [0.2, 0.25) is 0 Å². The summed E-state index contributed by atoms with van der Waals surface area (Å²) in [5, 5.41) is 4.52. The summed E-state index contributed by atoms with van der Waals surface area (Å²) in [5.74, 6) is 1.65. The van der Waals surface area contributed by atoms with Gasteiger partial charge in [-0.15, -0.1) is 22.7 Å². The van der Waals surface area contributed by atoms with Crippen molar-refractivity contribution in [1.29, 1.82) is 0 Å². The maximum atomic E-state index is 13.4. The number of hydrogen-bond acceptors (Lipinski definition) is 3. The van der Waals surface area contributed by atoms with Crippen molar-refractivity contribution in [2.24, 2.45) is 0 Å². The number of carbonyl (C=O) groups is 1. The summed E-state index contributed by atoms with van der Waals surface area (Å²) >= 11 is 3.59. The monoisotopic (exact) mass is 330 g/mol. The highest BCUT2D eigenvalue weighted by Gasteiger charge is 2.35. The van der Waals surface area contributed by atoms with Crippen molar-refractivity contribution in [3.8, 4) is 0 Å². The van der Waals surface area contributed by atoms with Gasteiger partial charge in [0, 0.05) is 20.9 Å². The molecule has 116 valence electrons. The summed E-state index contributed by atoms with van der Waals surface area (Å²) in [6.07, 6.45) is 7.01. The minimum Gasteiger partial charge on any atom is -0.289 e. The first-order chi connectivity index (χ1) is 10.7. The Balaban J connectivity index is 1.82. The van der Waals surface area contributed by atoms with Crippen LogP contribution in [0.4, 0.5) is 0 Å². The molecule has 2 fully saturated rings. The lowest BCUT2D eigenvalue weighted by Gasteiger charge is -2.09. The van der Waals surface area contributed by atoms with Crippen molar-refractivity contribution >= 4 is 28.5 Å². The number of ketones is 1. The van der Waals surface area contributed by atoms with Gasteiger partial charge in [-0.3, -0.25) is 4.79 Å². The van der Waals surface area contributed by atoms with E-state index in [2.05, 4.69) is 24.6 Å². The molecule has 2 aliphatic rings. The Kier molecular flexibility index (Phi) is 3.74. The number of carbonyl (C=O) groups excluding carboxylic acids is 1. The van der Waals surface area contributed by atoms with Crippen molar-refractivity contribution in [1.82, 2.24) is 0 Å². The van der Waals surface area contributed by atoms with Crippen LogP contribution in [0.25, 0.3) is 0 Å². The van der Waals surface area contributed by atoms with Crippen molar-refractivity contribution < 1.29 is 4.79 Å². The van der Waals surface area contributed by atoms with Gasteiger partial charge in [0.15, 0.2) is 5.78 Å². The molecule has 3 heteroatoms. The molecule has 0 aliphatic heterocycles. The summed E-state index contributed by atoms with van der Waals surface area (Å²) in [5.41, 5.74) is 4.85. The molecular weight excluding hydrogens is 308 g/mol. The third-order valence-corrected chi connectivity index (χ3v) is 7.22. The summed E-state index contributed by atoms with van der Waals surface area (Å²) in [6.45, 7) is 4.35. The highest BCUT2D eigenvalue weighted by Crippen LogP contribution is 2.48. The molecule has 0 amide bonds. The number of rotatable bonds is 6. The maximum Gasteiger partial charge on any atom is 0.195 e. The lowest BCUT2D eigenvalue weighted by Crippen LogP contribution is -2.09. The van der Waals surface area contributed by atoms with E-state index < -0.39 is 0 Å². The summed E-state index contributed by atoms with van der Waals surface area (Å²) in [7, 11) is 0. The van der Waals surface area contributed by atoms with E-state index in [0.29, 0.717) is 17.6 Å². The largest absolute Gasteiger partial charge is 0.289 e. The molecule has 2 saturated carbocycles. The SMILES string of the molecule is CCc1scc(C2CC2)c1C(=O)c1c(C2CC2)csc1CC. The Hall–Kier alpha value is -0.930. The van der Waals surface area contributed by atoms with Crippen LogP contribution in [0.5, 0.6) is 0 Å². The van der Waals surface area contributed by atoms with Gasteiger partial charge in [-0.2, -0.15) is 0 Å². The van der Waals surface area contributed by atoms with Crippen LogP contribution in [0.3, 0.4) is 0 Å². The molecule has 0 atom stereocenters. The Morgan fingerprint density at radius 3 is 1.64 bits per heavy atom. The molecule has 2 aromatic heterocycles. The van der Waals surface area contributed by atoms with Crippen molar-refractivity contribution in [2.75, 3.05) is 0 Å². The molecule has 0 saturated heterocycles. The third kappa shape index (κ3) is 2.39. The molecule has 1 nitrogen and oxygen atoms in total. The van der Waals surface area contributed by atoms with E-state index >= 15 is 0 Å². The van der Waals surface area contributed by atoms with Gasteiger partial charge in [-0.1, -0.05) is 13.8 Å². The fraction of sp³-hybridized carbons (Fsp3) is 0.526. The van der Waals surface area contributed by atoms with Crippen LogP contribution in [0.1, 0.15) is 88.2 Å². The minimum absolute atomic E-state index is 0.333. The normalized spacial score (nSPS) is 17.9. The van der Waals surface area contributed by atoms with Crippen LogP contribution in [0.15, 0.2) is 10.8 Å². The molecule has 22 heavy (non-hydrogen) atoms. The maximum absolute atomic E-state index is 13.4. The van der Waals surface area contributed by atoms with E-state index in [1.54, 1.807) is 22.7 Å². The summed E-state index contributed by atoms with van der Waals surface area (Å²) < 4.78 is 0. The predicted octanol–water partition coefficient (Wildman–Crippen LogP) is 5.92. The van der Waals surface area contributed by atoms with Crippen LogP contribution < -0.4 is 0 Å². The number of aryl methyl sites for hydroxylation is 2. The Morgan fingerprint density at radius 2 is 1.32 bits per heavy atom. The fourth-order valence-electron chi connectivity index (χ4n) is 3.38. The highest BCUT2D eigenvalue weighted by atomic mass is 32.1. The lowest BCUT2D eigenvalue weighted by molar-refractivity contribution is 0.103. The second-order valence-electron chi connectivity index (χ2n) is 6.56. The topological polar surface area (TPSA) is 17.1 Å². The zero-order valence-electron chi connectivity index (χ0n) is 13.3. The smallest absolute Gasteiger partial charge is 0.195 e.